The predicted octanol–water partition coefficient (Wildman–Crippen LogP) is 6.18. The van der Waals surface area contributed by atoms with Crippen molar-refractivity contribution < 1.29 is 19.1 Å². The van der Waals surface area contributed by atoms with Crippen LogP contribution in [0.4, 0.5) is 4.39 Å². The lowest BCUT2D eigenvalue weighted by Gasteiger charge is -2.40. The zero-order valence-corrected chi connectivity index (χ0v) is 24.4. The van der Waals surface area contributed by atoms with Gasteiger partial charge in [0.2, 0.25) is 5.91 Å². The molecule has 0 bridgehead atoms. The molecule has 2 aliphatic carbocycles. The third-order valence-electron chi connectivity index (χ3n) is 9.48. The number of carboxylic acid groups (broad SMARTS) is 1. The minimum atomic E-state index is -1.30. The molecule has 7 rings (SSSR count). The topological polar surface area (TPSA) is 86.9 Å². The number of nitrogens with zero attached hydrogens (tertiary/aromatic N) is 3. The van der Waals surface area contributed by atoms with Gasteiger partial charge in [0, 0.05) is 47.0 Å². The third kappa shape index (κ3) is 3.85. The molecule has 4 atom stereocenters. The molecule has 2 aromatic heterocycles. The summed E-state index contributed by atoms with van der Waals surface area (Å²) in [5.41, 5.74) is 2.43. The number of benzene rings is 1. The summed E-state index contributed by atoms with van der Waals surface area (Å²) in [6, 6.07) is 7.90. The maximum atomic E-state index is 16.1. The van der Waals surface area contributed by atoms with Crippen LogP contribution in [0.15, 0.2) is 71.6 Å². The minimum Gasteiger partial charge on any atom is -0.478 e. The molecule has 4 aliphatic rings. The number of hydrogen-bond acceptors (Lipinski definition) is 4. The Morgan fingerprint density at radius 1 is 1.31 bits per heavy atom. The number of nitrogens with one attached hydrogen (secondary N) is 1. The molecular formula is C32H29Cl2FN4O3. The lowest BCUT2D eigenvalue weighted by atomic mass is 9.68. The van der Waals surface area contributed by atoms with E-state index >= 15 is 4.39 Å². The van der Waals surface area contributed by atoms with Gasteiger partial charge in [-0.25, -0.2) is 14.2 Å². The number of hydrogen-bond donors (Lipinski definition) is 2. The van der Waals surface area contributed by atoms with Crippen molar-refractivity contribution in [3.8, 4) is 0 Å². The number of aromatic nitrogens is 2. The highest BCUT2D eigenvalue weighted by atomic mass is 35.5. The third-order valence-corrected chi connectivity index (χ3v) is 10.1. The van der Waals surface area contributed by atoms with Gasteiger partial charge in [-0.05, 0) is 73.9 Å². The fraction of sp³-hybridized carbons (Fsp3) is 0.344. The van der Waals surface area contributed by atoms with Crippen molar-refractivity contribution in [1.82, 2.24) is 19.6 Å². The molecule has 3 fully saturated rings. The second-order valence-electron chi connectivity index (χ2n) is 11.7. The molecule has 1 aromatic carbocycles. The maximum Gasteiger partial charge on any atom is 0.335 e. The molecule has 1 saturated carbocycles. The summed E-state index contributed by atoms with van der Waals surface area (Å²) in [4.78, 5) is 33.4. The molecule has 2 aliphatic heterocycles. The fourth-order valence-electron chi connectivity index (χ4n) is 7.49. The highest BCUT2D eigenvalue weighted by molar-refractivity contribution is 6.31. The van der Waals surface area contributed by atoms with Gasteiger partial charge in [0.15, 0.2) is 0 Å². The first-order chi connectivity index (χ1) is 20.2. The van der Waals surface area contributed by atoms with Gasteiger partial charge >= 0.3 is 5.97 Å². The number of pyridine rings is 1. The second kappa shape index (κ2) is 9.79. The van der Waals surface area contributed by atoms with E-state index < -0.39 is 23.2 Å². The van der Waals surface area contributed by atoms with E-state index in [-0.39, 0.29) is 28.5 Å². The smallest absolute Gasteiger partial charge is 0.335 e. The van der Waals surface area contributed by atoms with Gasteiger partial charge in [-0.15, -0.1) is 0 Å². The number of likely N-dealkylation sites (tertiary alicyclic amines) is 1. The van der Waals surface area contributed by atoms with Gasteiger partial charge < -0.3 is 14.8 Å². The van der Waals surface area contributed by atoms with Crippen molar-refractivity contribution in [3.63, 3.8) is 0 Å². The molecule has 4 heterocycles. The molecule has 1 amide bonds. The van der Waals surface area contributed by atoms with Crippen molar-refractivity contribution in [2.24, 2.45) is 5.92 Å². The van der Waals surface area contributed by atoms with Gasteiger partial charge in [0.25, 0.3) is 0 Å². The number of aromatic carboxylic acids is 1. The van der Waals surface area contributed by atoms with E-state index in [2.05, 4.69) is 16.8 Å². The van der Waals surface area contributed by atoms with Gasteiger partial charge in [-0.3, -0.25) is 9.69 Å². The average Bonchev–Trinajstić information content (AvgIpc) is 3.58. The monoisotopic (exact) mass is 606 g/mol. The van der Waals surface area contributed by atoms with Gasteiger partial charge in [0.1, 0.15) is 17.0 Å². The van der Waals surface area contributed by atoms with Crippen LogP contribution in [0.5, 0.6) is 0 Å². The number of amides is 1. The van der Waals surface area contributed by atoms with Crippen LogP contribution in [0, 0.1) is 11.7 Å². The van der Waals surface area contributed by atoms with E-state index in [0.29, 0.717) is 52.8 Å². The Morgan fingerprint density at radius 2 is 2.10 bits per heavy atom. The van der Waals surface area contributed by atoms with Gasteiger partial charge in [-0.1, -0.05) is 48.0 Å². The number of fused-ring (bicyclic) bond motifs is 5. The predicted molar refractivity (Wildman–Crippen MR) is 158 cm³/mol. The van der Waals surface area contributed by atoms with Crippen molar-refractivity contribution in [1.29, 1.82) is 0 Å². The molecule has 42 heavy (non-hydrogen) atoms. The Hall–Kier alpha value is -3.46. The van der Waals surface area contributed by atoms with Crippen LogP contribution >= 0.6 is 23.2 Å². The average molecular weight is 608 g/mol. The van der Waals surface area contributed by atoms with Crippen LogP contribution in [0.3, 0.4) is 0 Å². The molecule has 7 nitrogen and oxygen atoms in total. The molecule has 2 saturated heterocycles. The van der Waals surface area contributed by atoms with E-state index in [1.165, 1.54) is 6.07 Å². The van der Waals surface area contributed by atoms with Crippen molar-refractivity contribution in [2.75, 3.05) is 6.54 Å². The van der Waals surface area contributed by atoms with Gasteiger partial charge in [-0.2, -0.15) is 0 Å². The van der Waals surface area contributed by atoms with Crippen LogP contribution in [0.2, 0.25) is 5.02 Å². The van der Waals surface area contributed by atoms with Crippen molar-refractivity contribution in [3.05, 3.63) is 105 Å². The molecule has 10 heteroatoms. The Balaban J connectivity index is 1.51. The molecule has 3 aromatic rings. The summed E-state index contributed by atoms with van der Waals surface area (Å²) in [6.07, 6.45) is 8.69. The second-order valence-corrected chi connectivity index (χ2v) is 12.5. The van der Waals surface area contributed by atoms with Crippen LogP contribution in [0.25, 0.3) is 5.65 Å². The van der Waals surface area contributed by atoms with Gasteiger partial charge in [0.05, 0.1) is 16.3 Å². The Kier molecular flexibility index (Phi) is 6.38. The molecule has 2 N–H and O–H groups in total. The normalized spacial score (nSPS) is 28.5. The zero-order chi connectivity index (χ0) is 29.5. The lowest BCUT2D eigenvalue weighted by molar-refractivity contribution is -0.128. The summed E-state index contributed by atoms with van der Waals surface area (Å²) < 4.78 is 18.1. The van der Waals surface area contributed by atoms with E-state index in [1.54, 1.807) is 42.6 Å². The fourth-order valence-corrected chi connectivity index (χ4v) is 7.78. The van der Waals surface area contributed by atoms with E-state index in [0.717, 1.165) is 24.2 Å². The lowest BCUT2D eigenvalue weighted by Crippen LogP contribution is -2.56. The SMILES string of the molecule is C=C1/C(=C\C(Cl)=C/C)NC(=O)[C@@]12[C@H](c1cccc(Cl)c1F)[C@H]1c3nc4cc(C(=O)O)ccn4c3CC[C@H]1N2CC1CC1. The maximum absolute atomic E-state index is 16.1. The van der Waals surface area contributed by atoms with Crippen molar-refractivity contribution >= 4 is 40.7 Å². The Morgan fingerprint density at radius 3 is 2.81 bits per heavy atom. The summed E-state index contributed by atoms with van der Waals surface area (Å²) in [5.74, 6) is -2.53. The number of halogens is 3. The molecule has 216 valence electrons. The molecular weight excluding hydrogens is 578 g/mol. The largest absolute Gasteiger partial charge is 0.478 e. The first-order valence-electron chi connectivity index (χ1n) is 14.2. The van der Waals surface area contributed by atoms with Crippen LogP contribution in [0.1, 0.15) is 65.3 Å². The summed E-state index contributed by atoms with van der Waals surface area (Å²) in [7, 11) is 0. The zero-order valence-electron chi connectivity index (χ0n) is 22.9. The van der Waals surface area contributed by atoms with E-state index in [4.69, 9.17) is 28.2 Å². The first kappa shape index (κ1) is 27.4. The number of allylic oxidation sites excluding steroid dienone is 3. The molecule has 0 unspecified atom stereocenters. The molecule has 1 spiro atoms. The highest BCUT2D eigenvalue weighted by Crippen LogP contribution is 2.62. The standard InChI is InChI=1S/C32H29Cl2FN4O3/c1-3-19(33)14-22-16(2)32(31(42)36-22)27(20-5-4-6-21(34)28(20)35)26-23(39(32)15-17-7-8-17)9-10-24-29(26)37-25-13-18(30(40)41)11-12-38(24)25/h3-6,11-14,17,23,26-27H,2,7-10,15H2,1H3,(H,36,42)(H,40,41)/b19-3+,22-14+/t23-,26+,27-,32+/m1/s1. The van der Waals surface area contributed by atoms with Crippen LogP contribution in [-0.4, -0.2) is 49.4 Å². The summed E-state index contributed by atoms with van der Waals surface area (Å²) in [5, 5.41) is 13.1. The Bertz CT molecular complexity index is 1760. The number of carbonyl (C=O) groups is 2. The number of carboxylic acids is 1. The first-order valence-corrected chi connectivity index (χ1v) is 14.9. The van der Waals surface area contributed by atoms with Crippen LogP contribution < -0.4 is 5.32 Å². The quantitative estimate of drug-likeness (QED) is 0.362. The highest BCUT2D eigenvalue weighted by Gasteiger charge is 2.69. The van der Waals surface area contributed by atoms with E-state index in [1.807, 2.05) is 11.3 Å². The number of rotatable bonds is 5. The Labute approximate surface area is 252 Å². The summed E-state index contributed by atoms with van der Waals surface area (Å²) >= 11 is 12.8. The van der Waals surface area contributed by atoms with Crippen molar-refractivity contribution in [2.45, 2.75) is 56.0 Å². The van der Waals surface area contributed by atoms with E-state index in [9.17, 15) is 14.7 Å². The number of aryl methyl sites for hydroxylation is 1. The number of imidazole rings is 1. The number of carbonyl (C=O) groups excluding carboxylic acids is 1. The molecule has 0 radical (unpaired) electrons. The van der Waals surface area contributed by atoms with Crippen LogP contribution in [-0.2, 0) is 11.2 Å². The minimum absolute atomic E-state index is 0.0197. The summed E-state index contributed by atoms with van der Waals surface area (Å²) in [6.45, 7) is 6.95.